The molecule has 3 nitrogen and oxygen atoms in total. The van der Waals surface area contributed by atoms with Gasteiger partial charge in [-0.05, 0) is 49.7 Å². The van der Waals surface area contributed by atoms with E-state index in [1.54, 1.807) is 6.07 Å². The second kappa shape index (κ2) is 8.27. The van der Waals surface area contributed by atoms with Crippen molar-refractivity contribution in [3.05, 3.63) is 51.8 Å². The Morgan fingerprint density at radius 3 is 2.39 bits per heavy atom. The highest BCUT2D eigenvalue weighted by atomic mass is 35.5. The van der Waals surface area contributed by atoms with E-state index < -0.39 is 5.82 Å². The molecule has 0 saturated carbocycles. The maximum Gasteiger partial charge on any atom is 0.179 e. The van der Waals surface area contributed by atoms with Crippen molar-refractivity contribution >= 4 is 28.9 Å². The largest absolute Gasteiger partial charge is 0.490 e. The fourth-order valence-electron chi connectivity index (χ4n) is 2.08. The Balaban J connectivity index is 2.17. The van der Waals surface area contributed by atoms with Crippen LogP contribution in [0.15, 0.2) is 30.3 Å². The van der Waals surface area contributed by atoms with E-state index in [0.29, 0.717) is 36.3 Å². The van der Waals surface area contributed by atoms with E-state index in [4.69, 9.17) is 32.7 Å². The number of halogens is 3. The minimum Gasteiger partial charge on any atom is -0.490 e. The van der Waals surface area contributed by atoms with E-state index in [1.807, 2.05) is 26.0 Å². The molecule has 0 saturated heterocycles. The van der Waals surface area contributed by atoms with Crippen molar-refractivity contribution in [2.24, 2.45) is 0 Å². The summed E-state index contributed by atoms with van der Waals surface area (Å²) in [6.45, 7) is 5.30. The zero-order chi connectivity index (χ0) is 16.8. The second-order valence-electron chi connectivity index (χ2n) is 4.75. The number of benzene rings is 2. The summed E-state index contributed by atoms with van der Waals surface area (Å²) in [5.41, 5.74) is 1.64. The molecule has 2 aromatic carbocycles. The molecule has 124 valence electrons. The van der Waals surface area contributed by atoms with E-state index in [9.17, 15) is 4.39 Å². The summed E-state index contributed by atoms with van der Waals surface area (Å²) in [5, 5.41) is 3.74. The first-order valence-electron chi connectivity index (χ1n) is 7.32. The highest BCUT2D eigenvalue weighted by Crippen LogP contribution is 2.37. The first-order chi connectivity index (χ1) is 11.0. The van der Waals surface area contributed by atoms with Gasteiger partial charge in [0.05, 0.1) is 23.3 Å². The molecule has 0 amide bonds. The van der Waals surface area contributed by atoms with Crippen LogP contribution in [0.4, 0.5) is 10.1 Å². The number of hydrogen-bond donors (Lipinski definition) is 1. The SMILES string of the molecule is CCOc1cc(CNc2ccc(F)c(Cl)c2)cc(Cl)c1OCC. The summed E-state index contributed by atoms with van der Waals surface area (Å²) < 4.78 is 24.3. The average Bonchev–Trinajstić information content (AvgIpc) is 2.52. The van der Waals surface area contributed by atoms with Crippen LogP contribution in [-0.4, -0.2) is 13.2 Å². The van der Waals surface area contributed by atoms with Crippen molar-refractivity contribution in [2.45, 2.75) is 20.4 Å². The number of hydrogen-bond acceptors (Lipinski definition) is 3. The summed E-state index contributed by atoms with van der Waals surface area (Å²) in [6.07, 6.45) is 0. The van der Waals surface area contributed by atoms with Crippen molar-refractivity contribution in [2.75, 3.05) is 18.5 Å². The van der Waals surface area contributed by atoms with E-state index in [1.165, 1.54) is 12.1 Å². The molecule has 0 atom stereocenters. The van der Waals surface area contributed by atoms with Gasteiger partial charge in [-0.1, -0.05) is 23.2 Å². The fourth-order valence-corrected chi connectivity index (χ4v) is 2.55. The molecule has 23 heavy (non-hydrogen) atoms. The molecule has 1 N–H and O–H groups in total. The number of rotatable bonds is 7. The molecule has 6 heteroatoms. The standard InChI is InChI=1S/C17H18Cl2FNO2/c1-3-22-16-8-11(7-14(19)17(16)23-4-2)10-21-12-5-6-15(20)13(18)9-12/h5-9,21H,3-4,10H2,1-2H3. The Morgan fingerprint density at radius 2 is 1.74 bits per heavy atom. The number of anilines is 1. The molecule has 0 aliphatic rings. The third kappa shape index (κ3) is 4.66. The van der Waals surface area contributed by atoms with E-state index in [-0.39, 0.29) is 5.02 Å². The molecule has 0 aliphatic heterocycles. The first kappa shape index (κ1) is 17.7. The Hall–Kier alpha value is -1.65. The van der Waals surface area contributed by atoms with Gasteiger partial charge in [0, 0.05) is 12.2 Å². The maximum atomic E-state index is 13.2. The smallest absolute Gasteiger partial charge is 0.179 e. The summed E-state index contributed by atoms with van der Waals surface area (Å²) >= 11 is 12.0. The monoisotopic (exact) mass is 357 g/mol. The predicted molar refractivity (Wildman–Crippen MR) is 92.5 cm³/mol. The zero-order valence-electron chi connectivity index (χ0n) is 13.0. The van der Waals surface area contributed by atoms with Gasteiger partial charge in [0.15, 0.2) is 11.5 Å². The van der Waals surface area contributed by atoms with Gasteiger partial charge >= 0.3 is 0 Å². The van der Waals surface area contributed by atoms with Gasteiger partial charge in [-0.2, -0.15) is 0 Å². The van der Waals surface area contributed by atoms with Crippen molar-refractivity contribution in [1.29, 1.82) is 0 Å². The van der Waals surface area contributed by atoms with Crippen molar-refractivity contribution in [3.8, 4) is 11.5 Å². The van der Waals surface area contributed by atoms with E-state index in [2.05, 4.69) is 5.32 Å². The van der Waals surface area contributed by atoms with E-state index >= 15 is 0 Å². The molecular formula is C17H18Cl2FNO2. The van der Waals surface area contributed by atoms with Crippen LogP contribution in [0, 0.1) is 5.82 Å². The molecule has 0 aromatic heterocycles. The molecule has 0 heterocycles. The molecular weight excluding hydrogens is 340 g/mol. The Morgan fingerprint density at radius 1 is 1.00 bits per heavy atom. The minimum atomic E-state index is -0.444. The molecule has 0 radical (unpaired) electrons. The van der Waals surface area contributed by atoms with Crippen LogP contribution in [0.2, 0.25) is 10.0 Å². The highest BCUT2D eigenvalue weighted by molar-refractivity contribution is 6.32. The molecule has 0 spiro atoms. The number of ether oxygens (including phenoxy) is 2. The van der Waals surface area contributed by atoms with Gasteiger partial charge in [-0.25, -0.2) is 4.39 Å². The van der Waals surface area contributed by atoms with Crippen LogP contribution >= 0.6 is 23.2 Å². The van der Waals surface area contributed by atoms with Crippen LogP contribution in [0.25, 0.3) is 0 Å². The Kier molecular flexibility index (Phi) is 6.37. The summed E-state index contributed by atoms with van der Waals surface area (Å²) in [5.74, 6) is 0.709. The Bertz CT molecular complexity index is 680. The van der Waals surface area contributed by atoms with Gasteiger partial charge in [-0.3, -0.25) is 0 Å². The lowest BCUT2D eigenvalue weighted by Crippen LogP contribution is -2.03. The van der Waals surface area contributed by atoms with Gasteiger partial charge in [-0.15, -0.1) is 0 Å². The Labute approximate surface area is 145 Å². The van der Waals surface area contributed by atoms with Crippen LogP contribution in [0.5, 0.6) is 11.5 Å². The molecule has 0 unspecified atom stereocenters. The lowest BCUT2D eigenvalue weighted by Gasteiger charge is -2.15. The lowest BCUT2D eigenvalue weighted by molar-refractivity contribution is 0.287. The fraction of sp³-hybridized carbons (Fsp3) is 0.294. The lowest BCUT2D eigenvalue weighted by atomic mass is 10.2. The van der Waals surface area contributed by atoms with Crippen molar-refractivity contribution in [1.82, 2.24) is 0 Å². The summed E-state index contributed by atoms with van der Waals surface area (Å²) in [7, 11) is 0. The second-order valence-corrected chi connectivity index (χ2v) is 5.57. The number of nitrogens with one attached hydrogen (secondary N) is 1. The first-order valence-corrected chi connectivity index (χ1v) is 8.07. The average molecular weight is 358 g/mol. The third-order valence-corrected chi connectivity index (χ3v) is 3.64. The molecule has 0 aliphatic carbocycles. The molecule has 2 aromatic rings. The van der Waals surface area contributed by atoms with Crippen LogP contribution in [0.3, 0.4) is 0 Å². The van der Waals surface area contributed by atoms with Gasteiger partial charge in [0.25, 0.3) is 0 Å². The third-order valence-electron chi connectivity index (χ3n) is 3.07. The molecule has 0 bridgehead atoms. The van der Waals surface area contributed by atoms with Gasteiger partial charge in [0.2, 0.25) is 0 Å². The summed E-state index contributed by atoms with van der Waals surface area (Å²) in [4.78, 5) is 0. The molecule has 0 fully saturated rings. The van der Waals surface area contributed by atoms with Crippen LogP contribution in [0.1, 0.15) is 19.4 Å². The summed E-state index contributed by atoms with van der Waals surface area (Å²) in [6, 6.07) is 8.17. The van der Waals surface area contributed by atoms with Crippen LogP contribution in [-0.2, 0) is 6.54 Å². The van der Waals surface area contributed by atoms with Gasteiger partial charge in [0.1, 0.15) is 5.82 Å². The van der Waals surface area contributed by atoms with Crippen molar-refractivity contribution in [3.63, 3.8) is 0 Å². The van der Waals surface area contributed by atoms with Gasteiger partial charge < -0.3 is 14.8 Å². The predicted octanol–water partition coefficient (Wildman–Crippen LogP) is 5.54. The topological polar surface area (TPSA) is 30.5 Å². The highest BCUT2D eigenvalue weighted by Gasteiger charge is 2.12. The van der Waals surface area contributed by atoms with Crippen molar-refractivity contribution < 1.29 is 13.9 Å². The van der Waals surface area contributed by atoms with Crippen LogP contribution < -0.4 is 14.8 Å². The van der Waals surface area contributed by atoms with E-state index in [0.717, 1.165) is 11.3 Å². The molecule has 2 rings (SSSR count). The normalized spacial score (nSPS) is 10.5. The quantitative estimate of drug-likeness (QED) is 0.705. The minimum absolute atomic E-state index is 0.0785. The maximum absolute atomic E-state index is 13.2. The zero-order valence-corrected chi connectivity index (χ0v) is 14.5.